The summed E-state index contributed by atoms with van der Waals surface area (Å²) in [6.07, 6.45) is 2.51. The fourth-order valence-corrected chi connectivity index (χ4v) is 2.48. The molecular weight excluding hydrogens is 308 g/mol. The van der Waals surface area contributed by atoms with Gasteiger partial charge in [-0.05, 0) is 40.0 Å². The Bertz CT molecular complexity index is 350. The third kappa shape index (κ3) is 2.59. The number of hydrogen-bond acceptors (Lipinski definition) is 2. The molecule has 0 aliphatic carbocycles. The van der Waals surface area contributed by atoms with Crippen molar-refractivity contribution in [3.63, 3.8) is 0 Å². The molecular formula is C10H12Br2N2. The summed E-state index contributed by atoms with van der Waals surface area (Å²) >= 11 is 6.78. The predicted octanol–water partition coefficient (Wildman–Crippen LogP) is 3.37. The van der Waals surface area contributed by atoms with Crippen molar-refractivity contribution in [2.24, 2.45) is 5.73 Å². The van der Waals surface area contributed by atoms with Gasteiger partial charge in [0.05, 0.1) is 5.69 Å². The van der Waals surface area contributed by atoms with Crippen molar-refractivity contribution in [1.82, 2.24) is 0 Å². The molecule has 0 amide bonds. The number of hydrogen-bond donors (Lipinski definition) is 2. The van der Waals surface area contributed by atoms with Crippen LogP contribution in [0.25, 0.3) is 0 Å². The van der Waals surface area contributed by atoms with Gasteiger partial charge in [-0.15, -0.1) is 6.58 Å². The van der Waals surface area contributed by atoms with Gasteiger partial charge in [-0.2, -0.15) is 0 Å². The lowest BCUT2D eigenvalue weighted by Crippen LogP contribution is -2.11. The highest BCUT2D eigenvalue weighted by atomic mass is 79.9. The standard InChI is InChI=1S/C10H12Br2N2/c1-2-3-9(13)7-4-6(11)5-8(12)10(7)14/h2,4-5,9H,1,3,13-14H2/t9-/m0/s1. The van der Waals surface area contributed by atoms with Crippen LogP contribution in [0.15, 0.2) is 33.7 Å². The highest BCUT2D eigenvalue weighted by Crippen LogP contribution is 2.32. The number of nitrogen functional groups attached to an aromatic ring is 1. The molecule has 1 atom stereocenters. The second-order valence-electron chi connectivity index (χ2n) is 3.02. The molecule has 0 spiro atoms. The molecule has 1 aromatic rings. The van der Waals surface area contributed by atoms with Crippen LogP contribution in [-0.4, -0.2) is 0 Å². The Labute approximate surface area is 101 Å². The first-order valence-corrected chi connectivity index (χ1v) is 5.75. The molecule has 2 nitrogen and oxygen atoms in total. The lowest BCUT2D eigenvalue weighted by atomic mass is 10.0. The van der Waals surface area contributed by atoms with Gasteiger partial charge in [-0.3, -0.25) is 0 Å². The number of anilines is 1. The second kappa shape index (κ2) is 4.96. The Morgan fingerprint density at radius 3 is 2.64 bits per heavy atom. The van der Waals surface area contributed by atoms with Crippen LogP contribution in [0.5, 0.6) is 0 Å². The fourth-order valence-electron chi connectivity index (χ4n) is 1.22. The van der Waals surface area contributed by atoms with Crippen LogP contribution >= 0.6 is 31.9 Å². The first-order chi connectivity index (χ1) is 6.56. The summed E-state index contributed by atoms with van der Waals surface area (Å²) in [7, 11) is 0. The van der Waals surface area contributed by atoms with Gasteiger partial charge in [-0.25, -0.2) is 0 Å². The van der Waals surface area contributed by atoms with Crippen molar-refractivity contribution in [2.45, 2.75) is 12.5 Å². The van der Waals surface area contributed by atoms with E-state index in [9.17, 15) is 0 Å². The van der Waals surface area contributed by atoms with E-state index in [-0.39, 0.29) is 6.04 Å². The molecule has 0 saturated carbocycles. The maximum absolute atomic E-state index is 5.95. The summed E-state index contributed by atoms with van der Waals surface area (Å²) in [5, 5.41) is 0. The lowest BCUT2D eigenvalue weighted by molar-refractivity contribution is 0.743. The van der Waals surface area contributed by atoms with Gasteiger partial charge in [0, 0.05) is 15.0 Å². The zero-order chi connectivity index (χ0) is 10.7. The Morgan fingerprint density at radius 2 is 2.07 bits per heavy atom. The van der Waals surface area contributed by atoms with Gasteiger partial charge < -0.3 is 11.5 Å². The van der Waals surface area contributed by atoms with Crippen LogP contribution in [0.1, 0.15) is 18.0 Å². The molecule has 0 aromatic heterocycles. The van der Waals surface area contributed by atoms with Gasteiger partial charge in [-0.1, -0.05) is 22.0 Å². The minimum absolute atomic E-state index is 0.0960. The number of halogens is 2. The molecule has 0 radical (unpaired) electrons. The van der Waals surface area contributed by atoms with Crippen LogP contribution in [0.4, 0.5) is 5.69 Å². The Balaban J connectivity index is 3.12. The number of rotatable bonds is 3. The van der Waals surface area contributed by atoms with E-state index in [0.29, 0.717) is 12.1 Å². The Kier molecular flexibility index (Phi) is 4.16. The summed E-state index contributed by atoms with van der Waals surface area (Å²) < 4.78 is 1.83. The van der Waals surface area contributed by atoms with Crippen molar-refractivity contribution in [2.75, 3.05) is 5.73 Å². The SMILES string of the molecule is C=CC[C@H](N)c1cc(Br)cc(Br)c1N. The Hall–Kier alpha value is -0.320. The fraction of sp³-hybridized carbons (Fsp3) is 0.200. The van der Waals surface area contributed by atoms with E-state index in [1.54, 1.807) is 6.08 Å². The highest BCUT2D eigenvalue weighted by molar-refractivity contribution is 9.11. The second-order valence-corrected chi connectivity index (χ2v) is 4.79. The van der Waals surface area contributed by atoms with E-state index in [0.717, 1.165) is 14.5 Å². The molecule has 0 fully saturated rings. The molecule has 76 valence electrons. The molecule has 0 bridgehead atoms. The summed E-state index contributed by atoms with van der Waals surface area (Å²) in [4.78, 5) is 0. The van der Waals surface area contributed by atoms with E-state index < -0.39 is 0 Å². The zero-order valence-corrected chi connectivity index (χ0v) is 10.8. The summed E-state index contributed by atoms with van der Waals surface area (Å²) in [5.41, 5.74) is 13.5. The third-order valence-electron chi connectivity index (χ3n) is 1.95. The van der Waals surface area contributed by atoms with E-state index in [2.05, 4.69) is 38.4 Å². The molecule has 0 aliphatic heterocycles. The monoisotopic (exact) mass is 318 g/mol. The van der Waals surface area contributed by atoms with Crippen LogP contribution < -0.4 is 11.5 Å². The van der Waals surface area contributed by atoms with Crippen molar-refractivity contribution in [1.29, 1.82) is 0 Å². The predicted molar refractivity (Wildman–Crippen MR) is 68.0 cm³/mol. The maximum atomic E-state index is 5.95. The number of nitrogens with two attached hydrogens (primary N) is 2. The van der Waals surface area contributed by atoms with E-state index >= 15 is 0 Å². The van der Waals surface area contributed by atoms with Crippen LogP contribution in [0.2, 0.25) is 0 Å². The van der Waals surface area contributed by atoms with Crippen molar-refractivity contribution < 1.29 is 0 Å². The summed E-state index contributed by atoms with van der Waals surface area (Å²) in [5.74, 6) is 0. The average Bonchev–Trinajstić information content (AvgIpc) is 2.11. The smallest absolute Gasteiger partial charge is 0.0507 e. The van der Waals surface area contributed by atoms with Crippen LogP contribution in [-0.2, 0) is 0 Å². The number of benzene rings is 1. The van der Waals surface area contributed by atoms with Gasteiger partial charge >= 0.3 is 0 Å². The Morgan fingerprint density at radius 1 is 1.43 bits per heavy atom. The van der Waals surface area contributed by atoms with Crippen molar-refractivity contribution >= 4 is 37.5 Å². The van der Waals surface area contributed by atoms with Gasteiger partial charge in [0.1, 0.15) is 0 Å². The van der Waals surface area contributed by atoms with E-state index in [4.69, 9.17) is 11.5 Å². The minimum Gasteiger partial charge on any atom is -0.398 e. The molecule has 0 unspecified atom stereocenters. The minimum atomic E-state index is -0.0960. The molecule has 1 rings (SSSR count). The molecule has 4 N–H and O–H groups in total. The van der Waals surface area contributed by atoms with Gasteiger partial charge in [0.25, 0.3) is 0 Å². The highest BCUT2D eigenvalue weighted by Gasteiger charge is 2.11. The molecule has 1 aromatic carbocycles. The lowest BCUT2D eigenvalue weighted by Gasteiger charge is -2.14. The van der Waals surface area contributed by atoms with Crippen LogP contribution in [0, 0.1) is 0 Å². The van der Waals surface area contributed by atoms with Gasteiger partial charge in [0.2, 0.25) is 0 Å². The maximum Gasteiger partial charge on any atom is 0.0507 e. The van der Waals surface area contributed by atoms with Crippen molar-refractivity contribution in [3.05, 3.63) is 39.3 Å². The van der Waals surface area contributed by atoms with Gasteiger partial charge in [0.15, 0.2) is 0 Å². The zero-order valence-electron chi connectivity index (χ0n) is 7.63. The first-order valence-electron chi connectivity index (χ1n) is 4.17. The van der Waals surface area contributed by atoms with Crippen LogP contribution in [0.3, 0.4) is 0 Å². The molecule has 14 heavy (non-hydrogen) atoms. The van der Waals surface area contributed by atoms with E-state index in [1.165, 1.54) is 0 Å². The molecule has 0 aliphatic rings. The first kappa shape index (κ1) is 11.8. The average molecular weight is 320 g/mol. The summed E-state index contributed by atoms with van der Waals surface area (Å²) in [6, 6.07) is 3.74. The topological polar surface area (TPSA) is 52.0 Å². The summed E-state index contributed by atoms with van der Waals surface area (Å²) in [6.45, 7) is 3.66. The third-order valence-corrected chi connectivity index (χ3v) is 3.06. The van der Waals surface area contributed by atoms with Crippen molar-refractivity contribution in [3.8, 4) is 0 Å². The molecule has 0 heterocycles. The quantitative estimate of drug-likeness (QED) is 0.663. The largest absolute Gasteiger partial charge is 0.398 e. The molecule has 0 saturated heterocycles. The van der Waals surface area contributed by atoms with E-state index in [1.807, 2.05) is 12.1 Å². The normalized spacial score (nSPS) is 12.5. The molecule has 4 heteroatoms.